The zero-order valence-corrected chi connectivity index (χ0v) is 16.2. The van der Waals surface area contributed by atoms with Gasteiger partial charge in [-0.2, -0.15) is 0 Å². The highest BCUT2D eigenvalue weighted by Crippen LogP contribution is 2.14. The van der Waals surface area contributed by atoms with Gasteiger partial charge < -0.3 is 9.88 Å². The van der Waals surface area contributed by atoms with Crippen LogP contribution < -0.4 is 10.7 Å². The summed E-state index contributed by atoms with van der Waals surface area (Å²) >= 11 is 0. The van der Waals surface area contributed by atoms with Crippen LogP contribution in [0.5, 0.6) is 0 Å². The first-order valence-corrected chi connectivity index (χ1v) is 9.12. The summed E-state index contributed by atoms with van der Waals surface area (Å²) < 4.78 is 3.56. The lowest BCUT2D eigenvalue weighted by Gasteiger charge is -2.12. The van der Waals surface area contributed by atoms with Crippen molar-refractivity contribution in [2.75, 3.05) is 5.32 Å². The Morgan fingerprint density at radius 2 is 2.00 bits per heavy atom. The molecule has 0 fully saturated rings. The van der Waals surface area contributed by atoms with Crippen LogP contribution in [0.1, 0.15) is 28.8 Å². The summed E-state index contributed by atoms with van der Waals surface area (Å²) in [7, 11) is 0. The van der Waals surface area contributed by atoms with Crippen molar-refractivity contribution in [1.82, 2.24) is 29.1 Å². The molecule has 0 saturated carbocycles. The standard InChI is InChI=1S/C20H19N7O2/c1-4-26-10-15(18(28)14-6-5-12(2)24-19(14)26)20(29)25-16-9-17(23-11-22-16)27-8-7-21-13(27)3/h5-11H,4H2,1-3H3,(H,22,23,25,29). The number of amides is 1. The Morgan fingerprint density at radius 3 is 2.72 bits per heavy atom. The number of aryl methyl sites for hydroxylation is 3. The molecule has 0 spiro atoms. The number of rotatable bonds is 4. The lowest BCUT2D eigenvalue weighted by Crippen LogP contribution is -2.24. The van der Waals surface area contributed by atoms with Gasteiger partial charge in [0.1, 0.15) is 35.0 Å². The van der Waals surface area contributed by atoms with Crippen LogP contribution in [0.3, 0.4) is 0 Å². The van der Waals surface area contributed by atoms with Gasteiger partial charge >= 0.3 is 0 Å². The van der Waals surface area contributed by atoms with Crippen molar-refractivity contribution >= 4 is 22.8 Å². The number of hydrogen-bond acceptors (Lipinski definition) is 6. The Kier molecular flexibility index (Phi) is 4.63. The highest BCUT2D eigenvalue weighted by molar-refractivity contribution is 6.05. The van der Waals surface area contributed by atoms with Crippen LogP contribution >= 0.6 is 0 Å². The van der Waals surface area contributed by atoms with Gasteiger partial charge in [-0.25, -0.2) is 19.9 Å². The molecular weight excluding hydrogens is 370 g/mol. The Labute approximate surface area is 166 Å². The largest absolute Gasteiger partial charge is 0.332 e. The van der Waals surface area contributed by atoms with E-state index in [0.29, 0.717) is 23.4 Å². The van der Waals surface area contributed by atoms with Gasteiger partial charge in [-0.3, -0.25) is 14.2 Å². The highest BCUT2D eigenvalue weighted by atomic mass is 16.2. The van der Waals surface area contributed by atoms with E-state index in [-0.39, 0.29) is 16.8 Å². The molecule has 9 heteroatoms. The third-order valence-corrected chi connectivity index (χ3v) is 4.61. The van der Waals surface area contributed by atoms with Crippen LogP contribution in [-0.2, 0) is 6.54 Å². The van der Waals surface area contributed by atoms with Crippen LogP contribution in [0, 0.1) is 13.8 Å². The van der Waals surface area contributed by atoms with Crippen molar-refractivity contribution < 1.29 is 4.79 Å². The quantitative estimate of drug-likeness (QED) is 0.574. The third-order valence-electron chi connectivity index (χ3n) is 4.61. The predicted molar refractivity (Wildman–Crippen MR) is 108 cm³/mol. The maximum absolute atomic E-state index is 12.9. The Balaban J connectivity index is 1.72. The molecule has 1 N–H and O–H groups in total. The van der Waals surface area contributed by atoms with Gasteiger partial charge in [-0.1, -0.05) is 0 Å². The number of fused-ring (bicyclic) bond motifs is 1. The molecule has 0 unspecified atom stereocenters. The van der Waals surface area contributed by atoms with Gasteiger partial charge in [-0.15, -0.1) is 0 Å². The number of anilines is 1. The number of aromatic nitrogens is 6. The lowest BCUT2D eigenvalue weighted by atomic mass is 10.1. The summed E-state index contributed by atoms with van der Waals surface area (Å²) in [6.45, 7) is 6.21. The van der Waals surface area contributed by atoms with E-state index >= 15 is 0 Å². The molecule has 0 atom stereocenters. The van der Waals surface area contributed by atoms with Gasteiger partial charge in [0.15, 0.2) is 0 Å². The van der Waals surface area contributed by atoms with Gasteiger partial charge in [0.05, 0.1) is 5.39 Å². The van der Waals surface area contributed by atoms with Crippen LogP contribution in [0.4, 0.5) is 5.82 Å². The zero-order valence-electron chi connectivity index (χ0n) is 16.2. The second kappa shape index (κ2) is 7.27. The first-order chi connectivity index (χ1) is 14.0. The monoisotopic (exact) mass is 389 g/mol. The minimum absolute atomic E-state index is 0.0315. The average molecular weight is 389 g/mol. The summed E-state index contributed by atoms with van der Waals surface area (Å²) in [6.07, 6.45) is 6.31. The van der Waals surface area contributed by atoms with Crippen LogP contribution in [0.15, 0.2) is 47.9 Å². The Bertz CT molecular complexity index is 1290. The molecule has 146 valence electrons. The van der Waals surface area contributed by atoms with E-state index in [9.17, 15) is 9.59 Å². The third kappa shape index (κ3) is 3.38. The molecule has 0 aliphatic heterocycles. The molecule has 4 rings (SSSR count). The van der Waals surface area contributed by atoms with E-state index in [2.05, 4.69) is 25.3 Å². The number of imidazole rings is 1. The number of pyridine rings is 2. The summed E-state index contributed by atoms with van der Waals surface area (Å²) in [6, 6.07) is 5.08. The van der Waals surface area contributed by atoms with Crippen LogP contribution in [0.25, 0.3) is 16.9 Å². The minimum Gasteiger partial charge on any atom is -0.332 e. The van der Waals surface area contributed by atoms with E-state index in [4.69, 9.17) is 0 Å². The molecule has 0 bridgehead atoms. The molecule has 4 aromatic heterocycles. The zero-order chi connectivity index (χ0) is 20.5. The minimum atomic E-state index is -0.535. The van der Waals surface area contributed by atoms with Crippen molar-refractivity contribution in [3.8, 4) is 5.82 Å². The summed E-state index contributed by atoms with van der Waals surface area (Å²) in [5, 5.41) is 3.10. The van der Waals surface area contributed by atoms with Crippen molar-refractivity contribution in [2.24, 2.45) is 0 Å². The fraction of sp³-hybridized carbons (Fsp3) is 0.200. The SMILES string of the molecule is CCn1cc(C(=O)Nc2cc(-n3ccnc3C)ncn2)c(=O)c2ccc(C)nc21. The molecular formula is C20H19N7O2. The van der Waals surface area contributed by atoms with Crippen molar-refractivity contribution in [1.29, 1.82) is 0 Å². The van der Waals surface area contributed by atoms with Crippen molar-refractivity contribution in [2.45, 2.75) is 27.3 Å². The van der Waals surface area contributed by atoms with Crippen LogP contribution in [0.2, 0.25) is 0 Å². The van der Waals surface area contributed by atoms with Crippen molar-refractivity contribution in [3.63, 3.8) is 0 Å². The first kappa shape index (κ1) is 18.5. The Hall–Kier alpha value is -3.88. The summed E-state index contributed by atoms with van der Waals surface area (Å²) in [4.78, 5) is 42.6. The molecule has 0 aliphatic carbocycles. The van der Waals surface area contributed by atoms with Gasteiger partial charge in [0, 0.05) is 36.9 Å². The molecule has 4 heterocycles. The van der Waals surface area contributed by atoms with E-state index < -0.39 is 5.91 Å². The molecule has 0 saturated heterocycles. The van der Waals surface area contributed by atoms with E-state index in [1.54, 1.807) is 39.7 Å². The van der Waals surface area contributed by atoms with Crippen LogP contribution in [-0.4, -0.2) is 35.0 Å². The number of nitrogens with zero attached hydrogens (tertiary/aromatic N) is 6. The maximum Gasteiger partial charge on any atom is 0.262 e. The highest BCUT2D eigenvalue weighted by Gasteiger charge is 2.17. The van der Waals surface area contributed by atoms with E-state index in [1.165, 1.54) is 12.5 Å². The molecule has 1 amide bonds. The smallest absolute Gasteiger partial charge is 0.262 e. The molecule has 0 radical (unpaired) electrons. The fourth-order valence-electron chi connectivity index (χ4n) is 3.11. The topological polar surface area (TPSA) is 108 Å². The van der Waals surface area contributed by atoms with E-state index in [0.717, 1.165) is 11.5 Å². The summed E-state index contributed by atoms with van der Waals surface area (Å²) in [5.74, 6) is 1.07. The molecule has 0 aromatic carbocycles. The van der Waals surface area contributed by atoms with Gasteiger partial charge in [0.25, 0.3) is 5.91 Å². The van der Waals surface area contributed by atoms with E-state index in [1.807, 2.05) is 20.8 Å². The Morgan fingerprint density at radius 1 is 1.17 bits per heavy atom. The number of carbonyl (C=O) groups is 1. The van der Waals surface area contributed by atoms with Gasteiger partial charge in [0.2, 0.25) is 5.43 Å². The number of carbonyl (C=O) groups excluding carboxylic acids is 1. The molecule has 29 heavy (non-hydrogen) atoms. The average Bonchev–Trinajstić information content (AvgIpc) is 3.14. The predicted octanol–water partition coefficient (Wildman–Crippen LogP) is 2.26. The number of hydrogen-bond donors (Lipinski definition) is 1. The molecule has 4 aromatic rings. The molecule has 9 nitrogen and oxygen atoms in total. The second-order valence-corrected chi connectivity index (χ2v) is 6.54. The van der Waals surface area contributed by atoms with Crippen molar-refractivity contribution in [3.05, 3.63) is 70.4 Å². The fourth-order valence-corrected chi connectivity index (χ4v) is 3.11. The normalized spacial score (nSPS) is 11.0. The van der Waals surface area contributed by atoms with Gasteiger partial charge in [-0.05, 0) is 32.9 Å². The first-order valence-electron chi connectivity index (χ1n) is 9.12. The lowest BCUT2D eigenvalue weighted by molar-refractivity contribution is 0.102. The maximum atomic E-state index is 12.9. The number of nitrogens with one attached hydrogen (secondary N) is 1. The summed E-state index contributed by atoms with van der Waals surface area (Å²) in [5.41, 5.74) is 1.03. The second-order valence-electron chi connectivity index (χ2n) is 6.54. The molecule has 0 aliphatic rings.